The average Bonchev–Trinajstić information content (AvgIpc) is 3.26. The van der Waals surface area contributed by atoms with Gasteiger partial charge in [0.05, 0.1) is 13.1 Å². The van der Waals surface area contributed by atoms with E-state index < -0.39 is 0 Å². The van der Waals surface area contributed by atoms with Crippen molar-refractivity contribution in [3.05, 3.63) is 18.2 Å². The van der Waals surface area contributed by atoms with Crippen LogP contribution in [-0.2, 0) is 19.5 Å². The molecule has 0 aromatic carbocycles. The van der Waals surface area contributed by atoms with Crippen molar-refractivity contribution in [2.45, 2.75) is 201 Å². The molecule has 1 aromatic rings. The van der Waals surface area contributed by atoms with Crippen LogP contribution >= 0.6 is 0 Å². The fourth-order valence-corrected chi connectivity index (χ4v) is 5.66. The molecule has 0 radical (unpaired) electrons. The summed E-state index contributed by atoms with van der Waals surface area (Å²) in [6.45, 7) is 9.37. The molecule has 1 rings (SSSR count). The maximum atomic E-state index is 2.57. The maximum absolute atomic E-state index is 2.57. The lowest BCUT2D eigenvalue weighted by molar-refractivity contribution is -0.704. The van der Waals surface area contributed by atoms with E-state index in [1.807, 2.05) is 0 Å². The second kappa shape index (κ2) is 25.8. The minimum absolute atomic E-state index is 1.22. The van der Waals surface area contributed by atoms with E-state index in [4.69, 9.17) is 0 Å². The molecule has 2 nitrogen and oxygen atoms in total. The van der Waals surface area contributed by atoms with Crippen LogP contribution in [0.3, 0.4) is 0 Å². The molecule has 0 atom stereocenters. The molecule has 0 fully saturated rings. The van der Waals surface area contributed by atoms with Crippen LogP contribution in [0.25, 0.3) is 0 Å². The zero-order valence-electron chi connectivity index (χ0n) is 25.3. The summed E-state index contributed by atoms with van der Waals surface area (Å²) in [4.78, 5) is 0. The van der Waals surface area contributed by atoms with Gasteiger partial charge in [-0.25, -0.2) is 9.13 Å². The van der Waals surface area contributed by atoms with E-state index >= 15 is 0 Å². The summed E-state index contributed by atoms with van der Waals surface area (Å²) in [5, 5.41) is 0. The van der Waals surface area contributed by atoms with Gasteiger partial charge in [-0.3, -0.25) is 0 Å². The molecule has 0 saturated heterocycles. The van der Waals surface area contributed by atoms with Crippen molar-refractivity contribution in [2.24, 2.45) is 0 Å². The molecule has 0 amide bonds. The van der Waals surface area contributed by atoms with Crippen LogP contribution in [0.15, 0.2) is 12.4 Å². The molecule has 1 aromatic heterocycles. The van der Waals surface area contributed by atoms with Crippen LogP contribution in [0.4, 0.5) is 0 Å². The first-order valence-electron chi connectivity index (χ1n) is 16.9. The molecule has 0 bridgehead atoms. The molecule has 0 aliphatic rings. The molecule has 212 valence electrons. The summed E-state index contributed by atoms with van der Waals surface area (Å²) in [7, 11) is 0. The van der Waals surface area contributed by atoms with E-state index in [1.54, 1.807) is 5.82 Å². The number of aryl methyl sites for hydroxylation is 2. The van der Waals surface area contributed by atoms with Crippen molar-refractivity contribution >= 4 is 0 Å². The topological polar surface area (TPSA) is 8.81 Å². The molecule has 0 saturated carbocycles. The van der Waals surface area contributed by atoms with Gasteiger partial charge in [-0.1, -0.05) is 149 Å². The third kappa shape index (κ3) is 18.5. The number of hydrogen-bond acceptors (Lipinski definition) is 0. The molecular formula is C34H67N2+. The third-order valence-corrected chi connectivity index (χ3v) is 8.07. The van der Waals surface area contributed by atoms with Crippen molar-refractivity contribution in [1.29, 1.82) is 0 Å². The first-order chi connectivity index (χ1) is 17.8. The summed E-state index contributed by atoms with van der Waals surface area (Å²) in [6.07, 6.45) is 41.6. The van der Waals surface area contributed by atoms with Crippen LogP contribution in [0, 0.1) is 0 Å². The molecule has 1 heterocycles. The smallest absolute Gasteiger partial charge is 0.234 e. The maximum Gasteiger partial charge on any atom is 0.256 e. The Morgan fingerprint density at radius 1 is 0.472 bits per heavy atom. The second-order valence-electron chi connectivity index (χ2n) is 11.6. The summed E-state index contributed by atoms with van der Waals surface area (Å²) in [5.41, 5.74) is 0. The van der Waals surface area contributed by atoms with E-state index in [2.05, 4.69) is 42.3 Å². The van der Waals surface area contributed by atoms with Crippen LogP contribution < -0.4 is 4.57 Å². The molecule has 0 N–H and O–H groups in total. The van der Waals surface area contributed by atoms with E-state index in [1.165, 1.54) is 180 Å². The predicted molar refractivity (Wildman–Crippen MR) is 161 cm³/mol. The Morgan fingerprint density at radius 3 is 1.28 bits per heavy atom. The van der Waals surface area contributed by atoms with Gasteiger partial charge in [-0.15, -0.1) is 0 Å². The zero-order chi connectivity index (χ0) is 25.9. The van der Waals surface area contributed by atoms with Gasteiger partial charge in [0.1, 0.15) is 12.4 Å². The molecule has 0 unspecified atom stereocenters. The Labute approximate surface area is 228 Å². The standard InChI is InChI=1S/C34H67N2/c1-4-7-9-11-13-14-15-16-17-18-19-20-21-22-24-26-28-31-36-33-32-35(34(36)29-6-3)30-27-25-23-12-10-8-5-2/h32-33H,4-31H2,1-3H3/q+1. The van der Waals surface area contributed by atoms with Crippen LogP contribution in [0.1, 0.15) is 187 Å². The highest BCUT2D eigenvalue weighted by atomic mass is 15.1. The summed E-state index contributed by atoms with van der Waals surface area (Å²) in [5.74, 6) is 1.57. The van der Waals surface area contributed by atoms with E-state index in [0.29, 0.717) is 0 Å². The normalized spacial score (nSPS) is 11.5. The van der Waals surface area contributed by atoms with Gasteiger partial charge in [0.15, 0.2) is 0 Å². The van der Waals surface area contributed by atoms with Crippen molar-refractivity contribution in [3.63, 3.8) is 0 Å². The Bertz CT molecular complexity index is 562. The number of rotatable bonds is 28. The second-order valence-corrected chi connectivity index (χ2v) is 11.6. The van der Waals surface area contributed by atoms with Crippen molar-refractivity contribution < 1.29 is 4.57 Å². The molecule has 0 aliphatic carbocycles. The average molecular weight is 504 g/mol. The molecular weight excluding hydrogens is 436 g/mol. The van der Waals surface area contributed by atoms with Gasteiger partial charge in [0, 0.05) is 6.42 Å². The van der Waals surface area contributed by atoms with Gasteiger partial charge in [0.25, 0.3) is 5.82 Å². The summed E-state index contributed by atoms with van der Waals surface area (Å²) < 4.78 is 5.12. The monoisotopic (exact) mass is 504 g/mol. The molecule has 0 aliphatic heterocycles. The lowest BCUT2D eigenvalue weighted by Gasteiger charge is -2.06. The minimum Gasteiger partial charge on any atom is -0.234 e. The number of nitrogens with zero attached hydrogens (tertiary/aromatic N) is 2. The SMILES string of the molecule is CCCCCCCCCCCCCCCCCCCn1cc[n+](CCCCCCCCC)c1CCC. The van der Waals surface area contributed by atoms with Crippen molar-refractivity contribution in [1.82, 2.24) is 4.57 Å². The van der Waals surface area contributed by atoms with Crippen LogP contribution in [0.5, 0.6) is 0 Å². The summed E-state index contributed by atoms with van der Waals surface area (Å²) in [6, 6.07) is 0. The van der Waals surface area contributed by atoms with Gasteiger partial charge < -0.3 is 0 Å². The van der Waals surface area contributed by atoms with Crippen LogP contribution in [0.2, 0.25) is 0 Å². The van der Waals surface area contributed by atoms with E-state index in [0.717, 1.165) is 0 Å². The van der Waals surface area contributed by atoms with Crippen molar-refractivity contribution in [3.8, 4) is 0 Å². The molecule has 0 spiro atoms. The Balaban J connectivity index is 1.99. The van der Waals surface area contributed by atoms with Crippen LogP contribution in [-0.4, -0.2) is 4.57 Å². The zero-order valence-corrected chi connectivity index (χ0v) is 25.3. The van der Waals surface area contributed by atoms with Gasteiger partial charge in [-0.2, -0.15) is 0 Å². The molecule has 2 heteroatoms. The van der Waals surface area contributed by atoms with Gasteiger partial charge >= 0.3 is 0 Å². The Morgan fingerprint density at radius 2 is 0.861 bits per heavy atom. The lowest BCUT2D eigenvalue weighted by atomic mass is 10.0. The van der Waals surface area contributed by atoms with Gasteiger partial charge in [-0.05, 0) is 32.1 Å². The lowest BCUT2D eigenvalue weighted by Crippen LogP contribution is -2.37. The predicted octanol–water partition coefficient (Wildman–Crippen LogP) is 11.1. The highest BCUT2D eigenvalue weighted by Gasteiger charge is 2.15. The highest BCUT2D eigenvalue weighted by molar-refractivity contribution is 4.84. The Hall–Kier alpha value is -0.790. The fourth-order valence-electron chi connectivity index (χ4n) is 5.66. The first kappa shape index (κ1) is 33.2. The Kier molecular flexibility index (Phi) is 23.9. The highest BCUT2D eigenvalue weighted by Crippen LogP contribution is 2.14. The fraction of sp³-hybridized carbons (Fsp3) is 0.912. The minimum atomic E-state index is 1.22. The number of imidazole rings is 1. The van der Waals surface area contributed by atoms with E-state index in [-0.39, 0.29) is 0 Å². The van der Waals surface area contributed by atoms with E-state index in [9.17, 15) is 0 Å². The van der Waals surface area contributed by atoms with Crippen molar-refractivity contribution in [2.75, 3.05) is 0 Å². The van der Waals surface area contributed by atoms with Gasteiger partial charge in [0.2, 0.25) is 0 Å². The molecule has 36 heavy (non-hydrogen) atoms. The summed E-state index contributed by atoms with van der Waals surface area (Å²) >= 11 is 0. The number of aromatic nitrogens is 2. The number of hydrogen-bond donors (Lipinski definition) is 0. The third-order valence-electron chi connectivity index (χ3n) is 8.07. The largest absolute Gasteiger partial charge is 0.256 e. The first-order valence-corrected chi connectivity index (χ1v) is 16.9. The quantitative estimate of drug-likeness (QED) is 0.0794. The number of unbranched alkanes of at least 4 members (excludes halogenated alkanes) is 22.